The van der Waals surface area contributed by atoms with Gasteiger partial charge in [0.25, 0.3) is 0 Å². The van der Waals surface area contributed by atoms with Crippen molar-refractivity contribution >= 4 is 5.91 Å². The predicted octanol–water partition coefficient (Wildman–Crippen LogP) is 1.53. The van der Waals surface area contributed by atoms with Crippen LogP contribution in [0.3, 0.4) is 0 Å². The Morgan fingerprint density at radius 1 is 1.33 bits per heavy atom. The standard InChI is InChI=1S/C14H28N2O2/c1-3-9-16(10-11-17)12(2)14(18)15-13-7-5-4-6-8-13/h12-13,17H,3-11H2,1-2H3,(H,15,18). The number of nitrogens with zero attached hydrogens (tertiary/aromatic N) is 1. The van der Waals surface area contributed by atoms with Crippen LogP contribution in [-0.4, -0.2) is 47.7 Å². The molecule has 4 heteroatoms. The van der Waals surface area contributed by atoms with Crippen molar-refractivity contribution in [3.63, 3.8) is 0 Å². The van der Waals surface area contributed by atoms with Gasteiger partial charge < -0.3 is 10.4 Å². The van der Waals surface area contributed by atoms with Crippen molar-refractivity contribution in [1.29, 1.82) is 0 Å². The number of rotatable bonds is 7. The Morgan fingerprint density at radius 3 is 2.56 bits per heavy atom. The highest BCUT2D eigenvalue weighted by molar-refractivity contribution is 5.81. The van der Waals surface area contributed by atoms with E-state index in [0.29, 0.717) is 12.6 Å². The Labute approximate surface area is 111 Å². The molecule has 0 aromatic heterocycles. The molecule has 1 saturated carbocycles. The number of amides is 1. The van der Waals surface area contributed by atoms with Crippen LogP contribution >= 0.6 is 0 Å². The van der Waals surface area contributed by atoms with E-state index in [4.69, 9.17) is 5.11 Å². The molecule has 1 aliphatic rings. The van der Waals surface area contributed by atoms with E-state index >= 15 is 0 Å². The molecular formula is C14H28N2O2. The van der Waals surface area contributed by atoms with Gasteiger partial charge in [-0.15, -0.1) is 0 Å². The van der Waals surface area contributed by atoms with E-state index in [9.17, 15) is 4.79 Å². The van der Waals surface area contributed by atoms with Crippen LogP contribution in [0.2, 0.25) is 0 Å². The maximum atomic E-state index is 12.2. The highest BCUT2D eigenvalue weighted by atomic mass is 16.3. The zero-order valence-electron chi connectivity index (χ0n) is 11.8. The Morgan fingerprint density at radius 2 is 2.00 bits per heavy atom. The quantitative estimate of drug-likeness (QED) is 0.726. The highest BCUT2D eigenvalue weighted by Gasteiger charge is 2.23. The van der Waals surface area contributed by atoms with Gasteiger partial charge in [0.15, 0.2) is 0 Å². The first-order chi connectivity index (χ1) is 8.69. The summed E-state index contributed by atoms with van der Waals surface area (Å²) in [4.78, 5) is 14.2. The summed E-state index contributed by atoms with van der Waals surface area (Å²) >= 11 is 0. The van der Waals surface area contributed by atoms with Gasteiger partial charge in [-0.2, -0.15) is 0 Å². The van der Waals surface area contributed by atoms with Crippen LogP contribution in [0.1, 0.15) is 52.4 Å². The Bertz CT molecular complexity index is 234. The molecule has 0 heterocycles. The van der Waals surface area contributed by atoms with Crippen molar-refractivity contribution in [3.05, 3.63) is 0 Å². The van der Waals surface area contributed by atoms with Crippen LogP contribution in [0.5, 0.6) is 0 Å². The van der Waals surface area contributed by atoms with Gasteiger partial charge in [-0.1, -0.05) is 26.2 Å². The first-order valence-electron chi connectivity index (χ1n) is 7.34. The lowest BCUT2D eigenvalue weighted by molar-refractivity contribution is -0.127. The highest BCUT2D eigenvalue weighted by Crippen LogP contribution is 2.17. The molecule has 1 unspecified atom stereocenters. The van der Waals surface area contributed by atoms with Crippen molar-refractivity contribution in [2.75, 3.05) is 19.7 Å². The molecule has 18 heavy (non-hydrogen) atoms. The summed E-state index contributed by atoms with van der Waals surface area (Å²) < 4.78 is 0. The summed E-state index contributed by atoms with van der Waals surface area (Å²) in [6.07, 6.45) is 7.00. The van der Waals surface area contributed by atoms with Gasteiger partial charge in [0.1, 0.15) is 0 Å². The lowest BCUT2D eigenvalue weighted by atomic mass is 9.95. The fourth-order valence-corrected chi connectivity index (χ4v) is 2.65. The Kier molecular flexibility index (Phi) is 7.28. The number of nitrogens with one attached hydrogen (secondary N) is 1. The average molecular weight is 256 g/mol. The molecule has 0 bridgehead atoms. The molecule has 4 nitrogen and oxygen atoms in total. The van der Waals surface area contributed by atoms with Crippen molar-refractivity contribution in [1.82, 2.24) is 10.2 Å². The topological polar surface area (TPSA) is 52.6 Å². The molecule has 1 amide bonds. The number of carbonyl (C=O) groups is 1. The van der Waals surface area contributed by atoms with Crippen molar-refractivity contribution in [2.45, 2.75) is 64.5 Å². The van der Waals surface area contributed by atoms with Gasteiger partial charge in [0.2, 0.25) is 5.91 Å². The first kappa shape index (κ1) is 15.4. The smallest absolute Gasteiger partial charge is 0.237 e. The third kappa shape index (κ3) is 4.94. The maximum Gasteiger partial charge on any atom is 0.237 e. The molecule has 1 aliphatic carbocycles. The average Bonchev–Trinajstić information content (AvgIpc) is 2.39. The monoisotopic (exact) mass is 256 g/mol. The number of hydrogen-bond donors (Lipinski definition) is 2. The zero-order valence-corrected chi connectivity index (χ0v) is 11.8. The van der Waals surface area contributed by atoms with E-state index in [-0.39, 0.29) is 18.6 Å². The lowest BCUT2D eigenvalue weighted by Crippen LogP contribution is -2.49. The molecule has 1 atom stereocenters. The molecule has 0 aromatic rings. The summed E-state index contributed by atoms with van der Waals surface area (Å²) in [6.45, 7) is 5.58. The normalized spacial score (nSPS) is 18.9. The van der Waals surface area contributed by atoms with E-state index in [2.05, 4.69) is 17.1 Å². The number of hydrogen-bond acceptors (Lipinski definition) is 3. The van der Waals surface area contributed by atoms with Gasteiger partial charge in [-0.25, -0.2) is 0 Å². The molecule has 1 fully saturated rings. The molecule has 0 radical (unpaired) electrons. The Hall–Kier alpha value is -0.610. The number of carbonyl (C=O) groups excluding carboxylic acids is 1. The first-order valence-corrected chi connectivity index (χ1v) is 7.34. The third-order valence-electron chi connectivity index (χ3n) is 3.78. The van der Waals surface area contributed by atoms with E-state index in [1.165, 1.54) is 19.3 Å². The summed E-state index contributed by atoms with van der Waals surface area (Å²) in [5.41, 5.74) is 0. The molecule has 106 valence electrons. The van der Waals surface area contributed by atoms with E-state index in [0.717, 1.165) is 25.8 Å². The van der Waals surface area contributed by atoms with Crippen LogP contribution < -0.4 is 5.32 Å². The fourth-order valence-electron chi connectivity index (χ4n) is 2.65. The second-order valence-corrected chi connectivity index (χ2v) is 5.28. The minimum atomic E-state index is -0.140. The summed E-state index contributed by atoms with van der Waals surface area (Å²) in [5, 5.41) is 12.2. The molecular weight excluding hydrogens is 228 g/mol. The maximum absolute atomic E-state index is 12.2. The SMILES string of the molecule is CCCN(CCO)C(C)C(=O)NC1CCCCC1. The summed E-state index contributed by atoms with van der Waals surface area (Å²) in [5.74, 6) is 0.115. The van der Waals surface area contributed by atoms with E-state index < -0.39 is 0 Å². The van der Waals surface area contributed by atoms with Gasteiger partial charge >= 0.3 is 0 Å². The second-order valence-electron chi connectivity index (χ2n) is 5.28. The number of aliphatic hydroxyl groups is 1. The molecule has 2 N–H and O–H groups in total. The summed E-state index contributed by atoms with van der Waals surface area (Å²) in [7, 11) is 0. The minimum absolute atomic E-state index is 0.112. The second kappa shape index (κ2) is 8.48. The van der Waals surface area contributed by atoms with Gasteiger partial charge in [-0.05, 0) is 32.7 Å². The zero-order chi connectivity index (χ0) is 13.4. The van der Waals surface area contributed by atoms with Gasteiger partial charge in [0, 0.05) is 12.6 Å². The van der Waals surface area contributed by atoms with Gasteiger partial charge in [-0.3, -0.25) is 9.69 Å². The van der Waals surface area contributed by atoms with Crippen molar-refractivity contribution < 1.29 is 9.90 Å². The number of aliphatic hydroxyl groups excluding tert-OH is 1. The van der Waals surface area contributed by atoms with Crippen LogP contribution in [0.25, 0.3) is 0 Å². The Balaban J connectivity index is 2.41. The molecule has 1 rings (SSSR count). The van der Waals surface area contributed by atoms with Crippen LogP contribution in [0.15, 0.2) is 0 Å². The van der Waals surface area contributed by atoms with Crippen LogP contribution in [-0.2, 0) is 4.79 Å². The largest absolute Gasteiger partial charge is 0.395 e. The third-order valence-corrected chi connectivity index (χ3v) is 3.78. The molecule has 0 aliphatic heterocycles. The van der Waals surface area contributed by atoms with E-state index in [1.807, 2.05) is 6.92 Å². The lowest BCUT2D eigenvalue weighted by Gasteiger charge is -2.30. The molecule has 0 saturated heterocycles. The summed E-state index contributed by atoms with van der Waals surface area (Å²) in [6, 6.07) is 0.227. The molecule has 0 aromatic carbocycles. The van der Waals surface area contributed by atoms with Crippen LogP contribution in [0, 0.1) is 0 Å². The van der Waals surface area contributed by atoms with Crippen molar-refractivity contribution in [2.24, 2.45) is 0 Å². The van der Waals surface area contributed by atoms with Crippen LogP contribution in [0.4, 0.5) is 0 Å². The minimum Gasteiger partial charge on any atom is -0.395 e. The van der Waals surface area contributed by atoms with Crippen molar-refractivity contribution in [3.8, 4) is 0 Å². The van der Waals surface area contributed by atoms with E-state index in [1.54, 1.807) is 0 Å². The van der Waals surface area contributed by atoms with Gasteiger partial charge in [0.05, 0.1) is 12.6 Å². The predicted molar refractivity (Wildman–Crippen MR) is 73.4 cm³/mol. The fraction of sp³-hybridized carbons (Fsp3) is 0.929. The molecule has 0 spiro atoms.